The van der Waals surface area contributed by atoms with Gasteiger partial charge in [0.05, 0.1) is 12.7 Å². The van der Waals surface area contributed by atoms with Gasteiger partial charge in [-0.2, -0.15) is 0 Å². The first-order valence-electron chi connectivity index (χ1n) is 6.78. The molecule has 4 nitrogen and oxygen atoms in total. The lowest BCUT2D eigenvalue weighted by Crippen LogP contribution is -2.37. The summed E-state index contributed by atoms with van der Waals surface area (Å²) in [4.78, 5) is 11.6. The zero-order chi connectivity index (χ0) is 14.1. The van der Waals surface area contributed by atoms with Gasteiger partial charge in [0, 0.05) is 24.7 Å². The Balaban J connectivity index is 2.16. The van der Waals surface area contributed by atoms with E-state index in [1.54, 1.807) is 0 Å². The molecule has 1 aromatic carbocycles. The minimum absolute atomic E-state index is 0.0306. The normalized spacial score (nSPS) is 12.2. The number of rotatable bonds is 8. The van der Waals surface area contributed by atoms with Crippen LogP contribution in [0.4, 0.5) is 5.69 Å². The van der Waals surface area contributed by atoms with Crippen molar-refractivity contribution in [2.45, 2.75) is 39.3 Å². The molecule has 4 heteroatoms. The van der Waals surface area contributed by atoms with Gasteiger partial charge in [-0.05, 0) is 32.9 Å². The van der Waals surface area contributed by atoms with E-state index in [0.717, 1.165) is 5.69 Å². The number of carbonyl (C=O) groups is 1. The molecule has 0 fully saturated rings. The Hall–Kier alpha value is -1.55. The molecule has 2 N–H and O–H groups in total. The molecule has 0 unspecified atom stereocenters. The predicted octanol–water partition coefficient (Wildman–Crippen LogP) is 2.42. The van der Waals surface area contributed by atoms with Crippen molar-refractivity contribution in [2.75, 3.05) is 18.5 Å². The first-order chi connectivity index (χ1) is 9.08. The van der Waals surface area contributed by atoms with Crippen LogP contribution in [0.25, 0.3) is 0 Å². The highest BCUT2D eigenvalue weighted by Crippen LogP contribution is 2.04. The van der Waals surface area contributed by atoms with Crippen molar-refractivity contribution in [3.05, 3.63) is 30.3 Å². The molecule has 0 heterocycles. The quantitative estimate of drug-likeness (QED) is 0.758. The second kappa shape index (κ2) is 8.53. The molecule has 1 atom stereocenters. The molecule has 1 amide bonds. The van der Waals surface area contributed by atoms with Gasteiger partial charge < -0.3 is 15.4 Å². The predicted molar refractivity (Wildman–Crippen MR) is 78.2 cm³/mol. The van der Waals surface area contributed by atoms with Crippen LogP contribution in [0.1, 0.15) is 27.2 Å². The van der Waals surface area contributed by atoms with Crippen LogP contribution in [0.2, 0.25) is 0 Å². The van der Waals surface area contributed by atoms with Crippen LogP contribution in [-0.4, -0.2) is 31.2 Å². The second-order valence-corrected chi connectivity index (χ2v) is 4.89. The molecular formula is C15H24N2O2. The molecule has 0 radical (unpaired) electrons. The van der Waals surface area contributed by atoms with Crippen molar-refractivity contribution < 1.29 is 9.53 Å². The summed E-state index contributed by atoms with van der Waals surface area (Å²) in [5.41, 5.74) is 1.06. The van der Waals surface area contributed by atoms with E-state index in [9.17, 15) is 4.79 Å². The van der Waals surface area contributed by atoms with E-state index in [2.05, 4.69) is 10.6 Å². The van der Waals surface area contributed by atoms with E-state index in [0.29, 0.717) is 19.6 Å². The van der Waals surface area contributed by atoms with Gasteiger partial charge >= 0.3 is 0 Å². The van der Waals surface area contributed by atoms with Gasteiger partial charge in [-0.3, -0.25) is 4.79 Å². The fourth-order valence-corrected chi connectivity index (χ4v) is 1.61. The average Bonchev–Trinajstić information content (AvgIpc) is 2.37. The van der Waals surface area contributed by atoms with Crippen molar-refractivity contribution in [1.82, 2.24) is 5.32 Å². The SMILES string of the molecule is CC(C)OCCC(=O)N[C@@H](C)CNc1ccccc1. The summed E-state index contributed by atoms with van der Waals surface area (Å²) in [6.45, 7) is 7.09. The summed E-state index contributed by atoms with van der Waals surface area (Å²) < 4.78 is 5.35. The number of para-hydroxylation sites is 1. The Kier molecular flexibility index (Phi) is 6.97. The highest BCUT2D eigenvalue weighted by molar-refractivity contribution is 5.76. The maximum atomic E-state index is 11.6. The third-order valence-corrected chi connectivity index (χ3v) is 2.57. The van der Waals surface area contributed by atoms with E-state index in [-0.39, 0.29) is 18.1 Å². The third-order valence-electron chi connectivity index (χ3n) is 2.57. The van der Waals surface area contributed by atoms with Crippen LogP contribution in [-0.2, 0) is 9.53 Å². The van der Waals surface area contributed by atoms with Gasteiger partial charge in [0.15, 0.2) is 0 Å². The number of benzene rings is 1. The lowest BCUT2D eigenvalue weighted by Gasteiger charge is -2.16. The number of hydrogen-bond donors (Lipinski definition) is 2. The Labute approximate surface area is 115 Å². The van der Waals surface area contributed by atoms with Gasteiger partial charge in [0.25, 0.3) is 0 Å². The van der Waals surface area contributed by atoms with E-state index in [4.69, 9.17) is 4.74 Å². The topological polar surface area (TPSA) is 50.4 Å². The van der Waals surface area contributed by atoms with Crippen LogP contribution >= 0.6 is 0 Å². The molecule has 0 saturated carbocycles. The van der Waals surface area contributed by atoms with E-state index >= 15 is 0 Å². The molecule has 0 aliphatic carbocycles. The Morgan fingerprint density at radius 1 is 1.21 bits per heavy atom. The number of amides is 1. The zero-order valence-electron chi connectivity index (χ0n) is 12.0. The summed E-state index contributed by atoms with van der Waals surface area (Å²) >= 11 is 0. The Morgan fingerprint density at radius 3 is 2.53 bits per heavy atom. The van der Waals surface area contributed by atoms with Crippen LogP contribution < -0.4 is 10.6 Å². The van der Waals surface area contributed by atoms with Crippen molar-refractivity contribution in [3.63, 3.8) is 0 Å². The Morgan fingerprint density at radius 2 is 1.89 bits per heavy atom. The summed E-state index contributed by atoms with van der Waals surface area (Å²) in [5.74, 6) is 0.0306. The number of anilines is 1. The summed E-state index contributed by atoms with van der Waals surface area (Å²) in [6, 6.07) is 10.0. The standard InChI is InChI=1S/C15H24N2O2/c1-12(2)19-10-9-15(18)17-13(3)11-16-14-7-5-4-6-8-14/h4-8,12-13,16H,9-11H2,1-3H3,(H,17,18)/t13-/m0/s1. The lowest BCUT2D eigenvalue weighted by molar-refractivity contribution is -0.123. The third kappa shape index (κ3) is 7.47. The van der Waals surface area contributed by atoms with E-state index < -0.39 is 0 Å². The highest BCUT2D eigenvalue weighted by Gasteiger charge is 2.07. The van der Waals surface area contributed by atoms with E-state index in [1.807, 2.05) is 51.1 Å². The highest BCUT2D eigenvalue weighted by atomic mass is 16.5. The molecule has 0 spiro atoms. The molecule has 0 aromatic heterocycles. The van der Waals surface area contributed by atoms with Crippen molar-refractivity contribution in [3.8, 4) is 0 Å². The summed E-state index contributed by atoms with van der Waals surface area (Å²) in [6.07, 6.45) is 0.582. The Bertz CT molecular complexity index is 366. The monoisotopic (exact) mass is 264 g/mol. The maximum absolute atomic E-state index is 11.6. The average molecular weight is 264 g/mol. The van der Waals surface area contributed by atoms with Crippen LogP contribution in [0.15, 0.2) is 30.3 Å². The zero-order valence-corrected chi connectivity index (χ0v) is 12.0. The van der Waals surface area contributed by atoms with Crippen molar-refractivity contribution in [1.29, 1.82) is 0 Å². The van der Waals surface area contributed by atoms with Crippen LogP contribution in [0.5, 0.6) is 0 Å². The fourth-order valence-electron chi connectivity index (χ4n) is 1.61. The number of hydrogen-bond acceptors (Lipinski definition) is 3. The summed E-state index contributed by atoms with van der Waals surface area (Å²) in [5, 5.41) is 6.22. The van der Waals surface area contributed by atoms with E-state index in [1.165, 1.54) is 0 Å². The number of nitrogens with one attached hydrogen (secondary N) is 2. The maximum Gasteiger partial charge on any atom is 0.222 e. The van der Waals surface area contributed by atoms with Crippen molar-refractivity contribution >= 4 is 11.6 Å². The molecular weight excluding hydrogens is 240 g/mol. The molecule has 0 saturated heterocycles. The molecule has 1 aromatic rings. The number of ether oxygens (including phenoxy) is 1. The van der Waals surface area contributed by atoms with Gasteiger partial charge in [-0.15, -0.1) is 0 Å². The van der Waals surface area contributed by atoms with Gasteiger partial charge in [-0.25, -0.2) is 0 Å². The molecule has 0 bridgehead atoms. The first kappa shape index (κ1) is 15.5. The smallest absolute Gasteiger partial charge is 0.222 e. The molecule has 0 aliphatic heterocycles. The molecule has 106 valence electrons. The first-order valence-corrected chi connectivity index (χ1v) is 6.78. The van der Waals surface area contributed by atoms with Gasteiger partial charge in [0.2, 0.25) is 5.91 Å². The number of carbonyl (C=O) groups excluding carboxylic acids is 1. The van der Waals surface area contributed by atoms with Gasteiger partial charge in [0.1, 0.15) is 0 Å². The van der Waals surface area contributed by atoms with Crippen molar-refractivity contribution in [2.24, 2.45) is 0 Å². The summed E-state index contributed by atoms with van der Waals surface area (Å²) in [7, 11) is 0. The minimum Gasteiger partial charge on any atom is -0.383 e. The molecule has 1 rings (SSSR count). The lowest BCUT2D eigenvalue weighted by atomic mass is 10.2. The minimum atomic E-state index is 0.0306. The molecule has 0 aliphatic rings. The second-order valence-electron chi connectivity index (χ2n) is 4.89. The van der Waals surface area contributed by atoms with Gasteiger partial charge in [-0.1, -0.05) is 18.2 Å². The largest absolute Gasteiger partial charge is 0.383 e. The fraction of sp³-hybridized carbons (Fsp3) is 0.533. The van der Waals surface area contributed by atoms with Crippen LogP contribution in [0, 0.1) is 0 Å². The molecule has 19 heavy (non-hydrogen) atoms. The van der Waals surface area contributed by atoms with Crippen LogP contribution in [0.3, 0.4) is 0 Å².